The van der Waals surface area contributed by atoms with Crippen LogP contribution < -0.4 is 0 Å². The van der Waals surface area contributed by atoms with E-state index in [1.165, 1.54) is 0 Å². The van der Waals surface area contributed by atoms with Gasteiger partial charge in [0, 0.05) is 17.4 Å². The highest BCUT2D eigenvalue weighted by Crippen LogP contribution is 2.51. The van der Waals surface area contributed by atoms with E-state index in [4.69, 9.17) is 16.3 Å². The average Bonchev–Trinajstić information content (AvgIpc) is 2.14. The van der Waals surface area contributed by atoms with Crippen molar-refractivity contribution in [2.24, 2.45) is 11.3 Å². The summed E-state index contributed by atoms with van der Waals surface area (Å²) in [5, 5.41) is 0.328. The van der Waals surface area contributed by atoms with E-state index in [1.54, 1.807) is 0 Å². The van der Waals surface area contributed by atoms with Gasteiger partial charge in [-0.1, -0.05) is 27.7 Å². The molecular weight excluding hydrogens is 196 g/mol. The number of hydrogen-bond donors (Lipinski definition) is 0. The molecule has 1 nitrogen and oxygen atoms in total. The minimum absolute atomic E-state index is 0.260. The van der Waals surface area contributed by atoms with Crippen molar-refractivity contribution in [2.45, 2.75) is 58.4 Å². The molecule has 2 atom stereocenters. The Balaban J connectivity index is 2.47. The summed E-state index contributed by atoms with van der Waals surface area (Å²) in [5.41, 5.74) is 0.260. The molecule has 1 rings (SSSR count). The van der Waals surface area contributed by atoms with Crippen LogP contribution in [0.25, 0.3) is 0 Å². The van der Waals surface area contributed by atoms with Gasteiger partial charge in [-0.25, -0.2) is 0 Å². The minimum Gasteiger partial charge on any atom is -0.377 e. The van der Waals surface area contributed by atoms with Gasteiger partial charge in [0.25, 0.3) is 0 Å². The Morgan fingerprint density at radius 2 is 1.93 bits per heavy atom. The molecule has 1 fully saturated rings. The van der Waals surface area contributed by atoms with Crippen molar-refractivity contribution >= 4 is 11.6 Å². The van der Waals surface area contributed by atoms with E-state index in [-0.39, 0.29) is 5.41 Å². The van der Waals surface area contributed by atoms with Gasteiger partial charge in [-0.3, -0.25) is 0 Å². The van der Waals surface area contributed by atoms with Gasteiger partial charge < -0.3 is 4.74 Å². The quantitative estimate of drug-likeness (QED) is 0.637. The summed E-state index contributed by atoms with van der Waals surface area (Å²) in [7, 11) is 0. The first-order valence-electron chi connectivity index (χ1n) is 5.82. The lowest BCUT2D eigenvalue weighted by atomic mass is 9.62. The molecule has 0 amide bonds. The Morgan fingerprint density at radius 1 is 1.36 bits per heavy atom. The minimum atomic E-state index is 0.260. The van der Waals surface area contributed by atoms with Crippen molar-refractivity contribution in [1.29, 1.82) is 0 Å². The molecule has 0 heterocycles. The van der Waals surface area contributed by atoms with E-state index >= 15 is 0 Å². The third kappa shape index (κ3) is 2.09. The van der Waals surface area contributed by atoms with Gasteiger partial charge in [0.1, 0.15) is 0 Å². The molecule has 2 unspecified atom stereocenters. The molecule has 0 radical (unpaired) electrons. The largest absolute Gasteiger partial charge is 0.377 e. The highest BCUT2D eigenvalue weighted by molar-refractivity contribution is 6.21. The zero-order valence-electron chi connectivity index (χ0n) is 9.85. The van der Waals surface area contributed by atoms with Crippen molar-refractivity contribution in [3.8, 4) is 0 Å². The van der Waals surface area contributed by atoms with Crippen LogP contribution in [0.15, 0.2) is 0 Å². The Hall–Kier alpha value is 0.250. The maximum absolute atomic E-state index is 6.30. The summed E-state index contributed by atoms with van der Waals surface area (Å²) in [6.07, 6.45) is 3.72. The third-order valence-corrected chi connectivity index (χ3v) is 4.25. The van der Waals surface area contributed by atoms with E-state index in [0.717, 1.165) is 25.9 Å². The fourth-order valence-corrected chi connectivity index (χ4v) is 3.00. The van der Waals surface area contributed by atoms with Gasteiger partial charge in [0.2, 0.25) is 0 Å². The molecular formula is C12H23ClO. The van der Waals surface area contributed by atoms with Gasteiger partial charge in [0.15, 0.2) is 0 Å². The molecule has 0 aromatic rings. The predicted octanol–water partition coefficient (Wildman–Crippen LogP) is 3.85. The van der Waals surface area contributed by atoms with Crippen LogP contribution in [0.4, 0.5) is 0 Å². The molecule has 0 saturated heterocycles. The molecule has 0 aliphatic heterocycles. The maximum atomic E-state index is 6.30. The van der Waals surface area contributed by atoms with Crippen LogP contribution in [-0.2, 0) is 4.74 Å². The first-order chi connectivity index (χ1) is 6.56. The number of hydrogen-bond acceptors (Lipinski definition) is 1. The second-order valence-electron chi connectivity index (χ2n) is 4.86. The zero-order chi connectivity index (χ0) is 10.8. The van der Waals surface area contributed by atoms with Crippen molar-refractivity contribution in [1.82, 2.24) is 0 Å². The summed E-state index contributed by atoms with van der Waals surface area (Å²) in [5.74, 6) is 0.621. The second kappa shape index (κ2) is 4.85. The van der Waals surface area contributed by atoms with Crippen molar-refractivity contribution in [3.05, 3.63) is 0 Å². The predicted molar refractivity (Wildman–Crippen MR) is 61.9 cm³/mol. The molecule has 0 aromatic heterocycles. The fraction of sp³-hybridized carbons (Fsp3) is 1.00. The van der Waals surface area contributed by atoms with Gasteiger partial charge in [-0.2, -0.15) is 0 Å². The van der Waals surface area contributed by atoms with Crippen LogP contribution in [0.2, 0.25) is 0 Å². The molecule has 1 aliphatic carbocycles. The molecule has 0 bridgehead atoms. The monoisotopic (exact) mass is 218 g/mol. The standard InChI is InChI=1S/C12H23ClO/c1-5-12(6-2)10(13)7-11(12)14-8-9(3)4/h9-11H,5-8H2,1-4H3. The van der Waals surface area contributed by atoms with E-state index in [2.05, 4.69) is 27.7 Å². The van der Waals surface area contributed by atoms with Crippen LogP contribution in [-0.4, -0.2) is 18.1 Å². The molecule has 1 aliphatic rings. The number of ether oxygens (including phenoxy) is 1. The number of alkyl halides is 1. The Kier molecular flexibility index (Phi) is 4.27. The Bertz CT molecular complexity index is 175. The second-order valence-corrected chi connectivity index (χ2v) is 5.39. The lowest BCUT2D eigenvalue weighted by Crippen LogP contribution is -2.55. The lowest BCUT2D eigenvalue weighted by Gasteiger charge is -2.52. The molecule has 0 N–H and O–H groups in total. The molecule has 84 valence electrons. The van der Waals surface area contributed by atoms with Crippen molar-refractivity contribution < 1.29 is 4.74 Å². The normalized spacial score (nSPS) is 30.4. The highest BCUT2D eigenvalue weighted by Gasteiger charge is 2.52. The number of halogens is 1. The van der Waals surface area contributed by atoms with E-state index in [1.807, 2.05) is 0 Å². The van der Waals surface area contributed by atoms with Crippen LogP contribution in [0.1, 0.15) is 47.0 Å². The Morgan fingerprint density at radius 3 is 2.29 bits per heavy atom. The molecule has 0 aromatic carbocycles. The summed E-state index contributed by atoms with van der Waals surface area (Å²) in [6, 6.07) is 0. The zero-order valence-corrected chi connectivity index (χ0v) is 10.6. The van der Waals surface area contributed by atoms with Gasteiger partial charge in [-0.05, 0) is 25.2 Å². The smallest absolute Gasteiger partial charge is 0.0659 e. The lowest BCUT2D eigenvalue weighted by molar-refractivity contribution is -0.118. The van der Waals surface area contributed by atoms with E-state index < -0.39 is 0 Å². The van der Waals surface area contributed by atoms with E-state index in [0.29, 0.717) is 17.4 Å². The SMILES string of the molecule is CCC1(CC)C(Cl)CC1OCC(C)C. The number of rotatable bonds is 5. The van der Waals surface area contributed by atoms with Crippen molar-refractivity contribution in [2.75, 3.05) is 6.61 Å². The van der Waals surface area contributed by atoms with Crippen LogP contribution in [0, 0.1) is 11.3 Å². The first kappa shape index (κ1) is 12.3. The topological polar surface area (TPSA) is 9.23 Å². The summed E-state index contributed by atoms with van der Waals surface area (Å²) in [6.45, 7) is 9.70. The van der Waals surface area contributed by atoms with Crippen molar-refractivity contribution in [3.63, 3.8) is 0 Å². The molecule has 0 spiro atoms. The highest BCUT2D eigenvalue weighted by atomic mass is 35.5. The molecule has 1 saturated carbocycles. The van der Waals surface area contributed by atoms with Gasteiger partial charge >= 0.3 is 0 Å². The molecule has 14 heavy (non-hydrogen) atoms. The summed E-state index contributed by atoms with van der Waals surface area (Å²) in [4.78, 5) is 0. The molecule has 2 heteroatoms. The summed E-state index contributed by atoms with van der Waals surface area (Å²) >= 11 is 6.30. The first-order valence-corrected chi connectivity index (χ1v) is 6.26. The van der Waals surface area contributed by atoms with Gasteiger partial charge in [-0.15, -0.1) is 11.6 Å². The summed E-state index contributed by atoms with van der Waals surface area (Å²) < 4.78 is 5.92. The maximum Gasteiger partial charge on any atom is 0.0659 e. The van der Waals surface area contributed by atoms with Crippen LogP contribution >= 0.6 is 11.6 Å². The van der Waals surface area contributed by atoms with Gasteiger partial charge in [0.05, 0.1) is 6.10 Å². The van der Waals surface area contributed by atoms with Crippen LogP contribution in [0.3, 0.4) is 0 Å². The fourth-order valence-electron chi connectivity index (χ4n) is 2.39. The average molecular weight is 219 g/mol. The Labute approximate surface area is 93.2 Å². The third-order valence-electron chi connectivity index (χ3n) is 3.63. The van der Waals surface area contributed by atoms with Crippen LogP contribution in [0.5, 0.6) is 0 Å². The van der Waals surface area contributed by atoms with E-state index in [9.17, 15) is 0 Å².